The van der Waals surface area contributed by atoms with Crippen molar-refractivity contribution in [2.24, 2.45) is 0 Å². The molecule has 8 heteroatoms. The first-order valence-corrected chi connectivity index (χ1v) is 8.60. The van der Waals surface area contributed by atoms with Crippen LogP contribution in [0.3, 0.4) is 0 Å². The zero-order valence-corrected chi connectivity index (χ0v) is 12.3. The molecule has 0 radical (unpaired) electrons. The van der Waals surface area contributed by atoms with Crippen LogP contribution in [-0.2, 0) is 16.0 Å². The number of pyridine rings is 1. The van der Waals surface area contributed by atoms with Crippen molar-refractivity contribution in [1.29, 1.82) is 0 Å². The maximum absolute atomic E-state index is 12.6. The first-order valence-electron chi connectivity index (χ1n) is 6.65. The Bertz CT molecular complexity index is 602. The number of nitrogens with zero attached hydrogens (tertiary/aromatic N) is 1. The van der Waals surface area contributed by atoms with E-state index in [4.69, 9.17) is 0 Å². The Balaban J connectivity index is 2.08. The molecule has 1 aliphatic rings. The summed E-state index contributed by atoms with van der Waals surface area (Å²) in [5.41, 5.74) is -0.768. The van der Waals surface area contributed by atoms with Crippen molar-refractivity contribution in [3.8, 4) is 0 Å². The highest BCUT2D eigenvalue weighted by molar-refractivity contribution is 7.91. The summed E-state index contributed by atoms with van der Waals surface area (Å²) in [6.45, 7) is 0. The standard InChI is InChI=1S/C13H17F3N2O2S/c1-21(19,20)11-4-2-3-10(8-11)18-12-7-9(5-6-17-12)13(14,15)16/h5-7,10-11H,2-4,8H2,1H3,(H,17,18)/t10-,11+/m1/s1. The Morgan fingerprint density at radius 2 is 2.05 bits per heavy atom. The molecular weight excluding hydrogens is 305 g/mol. The predicted molar refractivity (Wildman–Crippen MR) is 73.7 cm³/mol. The van der Waals surface area contributed by atoms with Gasteiger partial charge in [0.15, 0.2) is 0 Å². The molecule has 21 heavy (non-hydrogen) atoms. The highest BCUT2D eigenvalue weighted by Crippen LogP contribution is 2.31. The van der Waals surface area contributed by atoms with E-state index in [1.807, 2.05) is 0 Å². The maximum atomic E-state index is 12.6. The van der Waals surface area contributed by atoms with Crippen LogP contribution < -0.4 is 5.32 Å². The van der Waals surface area contributed by atoms with Gasteiger partial charge in [-0.25, -0.2) is 13.4 Å². The number of nitrogens with one attached hydrogen (secondary N) is 1. The third-order valence-corrected chi connectivity index (χ3v) is 5.31. The summed E-state index contributed by atoms with van der Waals surface area (Å²) in [4.78, 5) is 3.87. The number of rotatable bonds is 3. The Labute approximate surface area is 121 Å². The van der Waals surface area contributed by atoms with Gasteiger partial charge in [-0.05, 0) is 31.4 Å². The van der Waals surface area contributed by atoms with Crippen LogP contribution >= 0.6 is 0 Å². The van der Waals surface area contributed by atoms with Gasteiger partial charge in [-0.3, -0.25) is 0 Å². The van der Waals surface area contributed by atoms with Gasteiger partial charge in [-0.15, -0.1) is 0 Å². The molecule has 2 atom stereocenters. The monoisotopic (exact) mass is 322 g/mol. The molecule has 2 rings (SSSR count). The number of hydrogen-bond donors (Lipinski definition) is 1. The Morgan fingerprint density at radius 3 is 2.67 bits per heavy atom. The molecule has 1 aromatic rings. The van der Waals surface area contributed by atoms with Crippen molar-refractivity contribution in [3.05, 3.63) is 23.9 Å². The molecule has 0 unspecified atom stereocenters. The number of sulfone groups is 1. The Morgan fingerprint density at radius 1 is 1.33 bits per heavy atom. The average Bonchev–Trinajstić information content (AvgIpc) is 2.37. The second kappa shape index (κ2) is 5.82. The first-order chi connectivity index (χ1) is 9.66. The van der Waals surface area contributed by atoms with Crippen LogP contribution in [0.25, 0.3) is 0 Å². The molecule has 1 fully saturated rings. The lowest BCUT2D eigenvalue weighted by molar-refractivity contribution is -0.137. The SMILES string of the molecule is CS(=O)(=O)[C@H]1CCC[C@@H](Nc2cc(C(F)(F)F)ccn2)C1. The van der Waals surface area contributed by atoms with Gasteiger partial charge < -0.3 is 5.32 Å². The summed E-state index contributed by atoms with van der Waals surface area (Å²) in [7, 11) is -3.12. The fourth-order valence-corrected chi connectivity index (χ4v) is 3.74. The van der Waals surface area contributed by atoms with Gasteiger partial charge in [0.05, 0.1) is 10.8 Å². The third-order valence-electron chi connectivity index (χ3n) is 3.67. The second-order valence-corrected chi connectivity index (χ2v) is 7.71. The molecule has 0 amide bonds. The van der Waals surface area contributed by atoms with Gasteiger partial charge in [0.2, 0.25) is 0 Å². The van der Waals surface area contributed by atoms with Gasteiger partial charge in [0, 0.05) is 18.5 Å². The van der Waals surface area contributed by atoms with E-state index in [0.717, 1.165) is 31.2 Å². The van der Waals surface area contributed by atoms with Gasteiger partial charge in [0.1, 0.15) is 15.7 Å². The topological polar surface area (TPSA) is 59.1 Å². The molecule has 0 aliphatic heterocycles. The summed E-state index contributed by atoms with van der Waals surface area (Å²) in [6.07, 6.45) is 0.341. The molecule has 1 heterocycles. The van der Waals surface area contributed by atoms with Gasteiger partial charge in [-0.2, -0.15) is 13.2 Å². The molecule has 0 bridgehead atoms. The molecular formula is C13H17F3N2O2S. The molecule has 1 N–H and O–H groups in total. The first kappa shape index (κ1) is 16.1. The molecule has 4 nitrogen and oxygen atoms in total. The Kier molecular flexibility index (Phi) is 4.46. The van der Waals surface area contributed by atoms with Crippen LogP contribution in [0.1, 0.15) is 31.2 Å². The zero-order chi connectivity index (χ0) is 15.7. The zero-order valence-electron chi connectivity index (χ0n) is 11.5. The normalized spacial score (nSPS) is 23.8. The van der Waals surface area contributed by atoms with E-state index < -0.39 is 26.8 Å². The smallest absolute Gasteiger partial charge is 0.367 e. The van der Waals surface area contributed by atoms with Gasteiger partial charge in [-0.1, -0.05) is 6.42 Å². The third kappa shape index (κ3) is 4.33. The van der Waals surface area contributed by atoms with Crippen LogP contribution in [0.4, 0.5) is 19.0 Å². The summed E-state index contributed by atoms with van der Waals surface area (Å²) >= 11 is 0. The number of anilines is 1. The van der Waals surface area contributed by atoms with Crippen molar-refractivity contribution in [2.45, 2.75) is 43.2 Å². The van der Waals surface area contributed by atoms with Crippen molar-refractivity contribution in [1.82, 2.24) is 4.98 Å². The lowest BCUT2D eigenvalue weighted by Crippen LogP contribution is -2.34. The molecule has 0 spiro atoms. The van der Waals surface area contributed by atoms with Crippen LogP contribution in [-0.4, -0.2) is 30.9 Å². The van der Waals surface area contributed by atoms with E-state index >= 15 is 0 Å². The summed E-state index contributed by atoms with van der Waals surface area (Å²) < 4.78 is 61.0. The lowest BCUT2D eigenvalue weighted by Gasteiger charge is -2.29. The summed E-state index contributed by atoms with van der Waals surface area (Å²) in [6, 6.07) is 1.68. The highest BCUT2D eigenvalue weighted by atomic mass is 32.2. The summed E-state index contributed by atoms with van der Waals surface area (Å²) in [5.74, 6) is 0.129. The van der Waals surface area contributed by atoms with E-state index in [9.17, 15) is 21.6 Å². The molecule has 118 valence electrons. The number of hydrogen-bond acceptors (Lipinski definition) is 4. The van der Waals surface area contributed by atoms with E-state index in [-0.39, 0.29) is 11.9 Å². The minimum absolute atomic E-state index is 0.129. The van der Waals surface area contributed by atoms with Crippen molar-refractivity contribution < 1.29 is 21.6 Å². The van der Waals surface area contributed by atoms with Crippen molar-refractivity contribution in [3.63, 3.8) is 0 Å². The fraction of sp³-hybridized carbons (Fsp3) is 0.615. The highest BCUT2D eigenvalue weighted by Gasteiger charge is 2.32. The quantitative estimate of drug-likeness (QED) is 0.929. The largest absolute Gasteiger partial charge is 0.416 e. The van der Waals surface area contributed by atoms with Crippen LogP contribution in [0.2, 0.25) is 0 Å². The van der Waals surface area contributed by atoms with E-state index in [0.29, 0.717) is 12.8 Å². The van der Waals surface area contributed by atoms with Crippen LogP contribution in [0, 0.1) is 0 Å². The minimum Gasteiger partial charge on any atom is -0.367 e. The lowest BCUT2D eigenvalue weighted by atomic mass is 9.95. The maximum Gasteiger partial charge on any atom is 0.416 e. The average molecular weight is 322 g/mol. The van der Waals surface area contributed by atoms with Crippen LogP contribution in [0.15, 0.2) is 18.3 Å². The molecule has 1 saturated carbocycles. The molecule has 1 aromatic heterocycles. The Hall–Kier alpha value is -1.31. The minimum atomic E-state index is -4.42. The fourth-order valence-electron chi connectivity index (χ4n) is 2.56. The van der Waals surface area contributed by atoms with Gasteiger partial charge >= 0.3 is 6.18 Å². The molecule has 0 saturated heterocycles. The van der Waals surface area contributed by atoms with Crippen molar-refractivity contribution in [2.75, 3.05) is 11.6 Å². The van der Waals surface area contributed by atoms with E-state index in [1.54, 1.807) is 0 Å². The second-order valence-electron chi connectivity index (χ2n) is 5.39. The van der Waals surface area contributed by atoms with Gasteiger partial charge in [0.25, 0.3) is 0 Å². The summed E-state index contributed by atoms with van der Waals surface area (Å²) in [5, 5.41) is 2.48. The predicted octanol–water partition coefficient (Wildman–Crippen LogP) is 2.87. The number of halogens is 3. The molecule has 1 aliphatic carbocycles. The number of aromatic nitrogens is 1. The van der Waals surface area contributed by atoms with E-state index in [1.165, 1.54) is 6.26 Å². The van der Waals surface area contributed by atoms with Crippen LogP contribution in [0.5, 0.6) is 0 Å². The number of alkyl halides is 3. The van der Waals surface area contributed by atoms with E-state index in [2.05, 4.69) is 10.3 Å². The molecule has 0 aromatic carbocycles. The van der Waals surface area contributed by atoms with Crippen molar-refractivity contribution >= 4 is 15.7 Å².